The van der Waals surface area contributed by atoms with Gasteiger partial charge in [-0.3, -0.25) is 0 Å². The zero-order valence-electron chi connectivity index (χ0n) is 11.1. The van der Waals surface area contributed by atoms with E-state index in [2.05, 4.69) is 11.4 Å². The fourth-order valence-corrected chi connectivity index (χ4v) is 2.46. The first-order valence-corrected chi connectivity index (χ1v) is 6.89. The Morgan fingerprint density at radius 3 is 2.89 bits per heavy atom. The van der Waals surface area contributed by atoms with Crippen molar-refractivity contribution in [2.75, 3.05) is 6.54 Å². The van der Waals surface area contributed by atoms with E-state index in [0.717, 1.165) is 25.1 Å². The molecule has 0 heterocycles. The van der Waals surface area contributed by atoms with Crippen molar-refractivity contribution in [2.45, 2.75) is 45.6 Å². The number of benzene rings is 1. The lowest BCUT2D eigenvalue weighted by atomic mass is 9.97. The van der Waals surface area contributed by atoms with Crippen molar-refractivity contribution in [3.63, 3.8) is 0 Å². The van der Waals surface area contributed by atoms with Gasteiger partial charge in [-0.25, -0.2) is 4.39 Å². The second kappa shape index (κ2) is 6.69. The van der Waals surface area contributed by atoms with E-state index >= 15 is 0 Å². The minimum absolute atomic E-state index is 0.149. The summed E-state index contributed by atoms with van der Waals surface area (Å²) in [5, 5.41) is 3.45. The van der Waals surface area contributed by atoms with Crippen molar-refractivity contribution in [1.82, 2.24) is 5.32 Å². The van der Waals surface area contributed by atoms with Gasteiger partial charge in [-0.1, -0.05) is 17.7 Å². The van der Waals surface area contributed by atoms with Gasteiger partial charge in [0.1, 0.15) is 5.82 Å². The summed E-state index contributed by atoms with van der Waals surface area (Å²) in [6, 6.07) is 5.01. The van der Waals surface area contributed by atoms with Crippen molar-refractivity contribution in [1.29, 1.82) is 0 Å². The largest absolute Gasteiger partial charge is 0.312 e. The van der Waals surface area contributed by atoms with Gasteiger partial charge < -0.3 is 5.32 Å². The summed E-state index contributed by atoms with van der Waals surface area (Å²) in [4.78, 5) is 0. The minimum atomic E-state index is -0.149. The van der Waals surface area contributed by atoms with Gasteiger partial charge in [-0.2, -0.15) is 0 Å². The Morgan fingerprint density at radius 2 is 2.17 bits per heavy atom. The van der Waals surface area contributed by atoms with Crippen LogP contribution < -0.4 is 5.32 Å². The molecule has 0 atom stereocenters. The monoisotopic (exact) mass is 247 g/mol. The van der Waals surface area contributed by atoms with Crippen molar-refractivity contribution >= 4 is 0 Å². The summed E-state index contributed by atoms with van der Waals surface area (Å²) < 4.78 is 13.0. The van der Waals surface area contributed by atoms with E-state index in [0.29, 0.717) is 0 Å². The molecule has 0 bridgehead atoms. The van der Waals surface area contributed by atoms with Crippen molar-refractivity contribution < 1.29 is 4.39 Å². The number of hydrogen-bond donors (Lipinski definition) is 1. The van der Waals surface area contributed by atoms with Crippen molar-refractivity contribution in [3.8, 4) is 0 Å². The number of halogens is 1. The lowest BCUT2D eigenvalue weighted by Gasteiger charge is -2.13. The van der Waals surface area contributed by atoms with Gasteiger partial charge >= 0.3 is 0 Å². The summed E-state index contributed by atoms with van der Waals surface area (Å²) in [6.07, 6.45) is 8.78. The summed E-state index contributed by atoms with van der Waals surface area (Å²) in [6.45, 7) is 3.81. The molecule has 1 aliphatic carbocycles. The molecule has 1 nitrogen and oxygen atoms in total. The molecule has 2 heteroatoms. The molecule has 98 valence electrons. The number of hydrogen-bond acceptors (Lipinski definition) is 1. The Morgan fingerprint density at radius 1 is 1.28 bits per heavy atom. The molecule has 2 rings (SSSR count). The normalized spacial score (nSPS) is 15.6. The lowest BCUT2D eigenvalue weighted by Crippen LogP contribution is -2.16. The maximum Gasteiger partial charge on any atom is 0.123 e. The summed E-state index contributed by atoms with van der Waals surface area (Å²) in [7, 11) is 0. The second-order valence-electron chi connectivity index (χ2n) is 5.11. The highest BCUT2D eigenvalue weighted by atomic mass is 19.1. The van der Waals surface area contributed by atoms with Crippen LogP contribution >= 0.6 is 0 Å². The van der Waals surface area contributed by atoms with Crippen LogP contribution in [-0.4, -0.2) is 6.54 Å². The zero-order chi connectivity index (χ0) is 12.8. The van der Waals surface area contributed by atoms with Crippen LogP contribution in [0.25, 0.3) is 0 Å². The number of aryl methyl sites for hydroxylation is 1. The molecular formula is C16H22FN. The topological polar surface area (TPSA) is 12.0 Å². The fourth-order valence-electron chi connectivity index (χ4n) is 2.46. The molecule has 0 saturated carbocycles. The van der Waals surface area contributed by atoms with Gasteiger partial charge in [0.05, 0.1) is 0 Å². The van der Waals surface area contributed by atoms with E-state index < -0.39 is 0 Å². The molecule has 0 amide bonds. The number of rotatable bonds is 5. The van der Waals surface area contributed by atoms with Crippen LogP contribution in [0.1, 0.15) is 43.2 Å². The van der Waals surface area contributed by atoms with Crippen molar-refractivity contribution in [3.05, 3.63) is 46.8 Å². The van der Waals surface area contributed by atoms with Gasteiger partial charge in [0.25, 0.3) is 0 Å². The Bertz CT molecular complexity index is 423. The van der Waals surface area contributed by atoms with Crippen LogP contribution in [0, 0.1) is 12.7 Å². The van der Waals surface area contributed by atoms with Crippen LogP contribution in [-0.2, 0) is 6.54 Å². The summed E-state index contributed by atoms with van der Waals surface area (Å²) in [5.41, 5.74) is 3.82. The van der Waals surface area contributed by atoms with E-state index in [-0.39, 0.29) is 5.82 Å². The molecule has 0 aromatic heterocycles. The quantitative estimate of drug-likeness (QED) is 0.610. The molecule has 0 fully saturated rings. The molecular weight excluding hydrogens is 225 g/mol. The number of nitrogens with one attached hydrogen (secondary N) is 1. The third-order valence-corrected chi connectivity index (χ3v) is 3.63. The molecule has 18 heavy (non-hydrogen) atoms. The fraction of sp³-hybridized carbons (Fsp3) is 0.500. The molecule has 0 aliphatic heterocycles. The summed E-state index contributed by atoms with van der Waals surface area (Å²) in [5.74, 6) is -0.149. The van der Waals surface area contributed by atoms with E-state index in [1.807, 2.05) is 13.0 Å². The van der Waals surface area contributed by atoms with Crippen LogP contribution in [0.5, 0.6) is 0 Å². The van der Waals surface area contributed by atoms with Gasteiger partial charge in [0.15, 0.2) is 0 Å². The SMILES string of the molecule is Cc1cc(F)ccc1CNCCC1=CCCCC1. The van der Waals surface area contributed by atoms with Gasteiger partial charge in [0.2, 0.25) is 0 Å². The standard InChI is InChI=1S/C16H22FN/c1-13-11-16(17)8-7-15(13)12-18-10-9-14-5-3-2-4-6-14/h5,7-8,11,18H,2-4,6,9-10,12H2,1H3. The molecule has 0 spiro atoms. The van der Waals surface area contributed by atoms with Crippen LogP contribution in [0.15, 0.2) is 29.8 Å². The molecule has 0 radical (unpaired) electrons. The highest BCUT2D eigenvalue weighted by Gasteiger charge is 2.03. The maximum absolute atomic E-state index is 13.0. The lowest BCUT2D eigenvalue weighted by molar-refractivity contribution is 0.618. The van der Waals surface area contributed by atoms with E-state index in [4.69, 9.17) is 0 Å². The maximum atomic E-state index is 13.0. The minimum Gasteiger partial charge on any atom is -0.312 e. The number of allylic oxidation sites excluding steroid dienone is 1. The predicted molar refractivity (Wildman–Crippen MR) is 74.0 cm³/mol. The Hall–Kier alpha value is -1.15. The Balaban J connectivity index is 1.73. The Labute approximate surface area is 109 Å². The van der Waals surface area contributed by atoms with Gasteiger partial charge in [-0.15, -0.1) is 0 Å². The molecule has 0 saturated heterocycles. The second-order valence-corrected chi connectivity index (χ2v) is 5.11. The highest BCUT2D eigenvalue weighted by Crippen LogP contribution is 2.19. The first-order valence-electron chi connectivity index (χ1n) is 6.89. The van der Waals surface area contributed by atoms with Crippen LogP contribution in [0.3, 0.4) is 0 Å². The molecule has 1 aliphatic rings. The zero-order valence-corrected chi connectivity index (χ0v) is 11.1. The Kier molecular flexibility index (Phi) is 4.94. The summed E-state index contributed by atoms with van der Waals surface area (Å²) >= 11 is 0. The van der Waals surface area contributed by atoms with Crippen LogP contribution in [0.4, 0.5) is 4.39 Å². The van der Waals surface area contributed by atoms with E-state index in [1.165, 1.54) is 37.3 Å². The van der Waals surface area contributed by atoms with Gasteiger partial charge in [-0.05, 0) is 68.8 Å². The molecule has 1 aromatic carbocycles. The molecule has 0 unspecified atom stereocenters. The van der Waals surface area contributed by atoms with Crippen LogP contribution in [0.2, 0.25) is 0 Å². The molecule has 1 N–H and O–H groups in total. The molecule has 1 aromatic rings. The third kappa shape index (κ3) is 3.95. The van der Waals surface area contributed by atoms with E-state index in [1.54, 1.807) is 11.6 Å². The predicted octanol–water partition coefficient (Wildman–Crippen LogP) is 4.11. The first-order chi connectivity index (χ1) is 8.75. The van der Waals surface area contributed by atoms with Crippen molar-refractivity contribution in [2.24, 2.45) is 0 Å². The third-order valence-electron chi connectivity index (χ3n) is 3.63. The van der Waals surface area contributed by atoms with Gasteiger partial charge in [0, 0.05) is 6.54 Å². The van der Waals surface area contributed by atoms with E-state index in [9.17, 15) is 4.39 Å². The average molecular weight is 247 g/mol. The average Bonchev–Trinajstić information content (AvgIpc) is 2.38. The smallest absolute Gasteiger partial charge is 0.123 e. The highest BCUT2D eigenvalue weighted by molar-refractivity contribution is 5.26. The first kappa shape index (κ1) is 13.3.